The molecule has 0 aliphatic heterocycles. The number of carbonyl (C=O) groups is 2. The number of nitrogens with zero attached hydrogens (tertiary/aromatic N) is 1. The van der Waals surface area contributed by atoms with Gasteiger partial charge in [-0.05, 0) is 122 Å². The maximum Gasteiger partial charge on any atom is 0.472 e. The van der Waals surface area contributed by atoms with E-state index in [9.17, 15) is 19.0 Å². The van der Waals surface area contributed by atoms with E-state index in [0.717, 1.165) is 135 Å². The molecule has 2 unspecified atom stereocenters. The first-order chi connectivity index (χ1) is 43.0. The SMILES string of the molecule is CC/C=C\C/C=C\C/C=C\C/C=C\C/C=C\C/C=C\C/C=C\CCCCCCCC(=O)OC(COC(=O)CCCCCCCCCCCCCCCCCCCC/C=C\C/C=C\C/C=C\C/C=C\C/C=C\C/C=C\CC)COP(=O)(O)OCC[N+](C)(C)C. The highest BCUT2D eigenvalue weighted by molar-refractivity contribution is 7.47. The molecular formula is C78H131NO8P+. The van der Waals surface area contributed by atoms with Crippen molar-refractivity contribution in [2.24, 2.45) is 0 Å². The van der Waals surface area contributed by atoms with Gasteiger partial charge in [-0.25, -0.2) is 4.57 Å². The zero-order valence-electron chi connectivity index (χ0n) is 56.9. The van der Waals surface area contributed by atoms with Gasteiger partial charge in [0, 0.05) is 12.8 Å². The Morgan fingerprint density at radius 2 is 0.614 bits per heavy atom. The molecule has 0 saturated heterocycles. The predicted octanol–water partition coefficient (Wildman–Crippen LogP) is 23.2. The van der Waals surface area contributed by atoms with E-state index in [1.165, 1.54) is 103 Å². The van der Waals surface area contributed by atoms with Gasteiger partial charge in [-0.15, -0.1) is 0 Å². The summed E-state index contributed by atoms with van der Waals surface area (Å²) in [5.74, 6) is -0.823. The van der Waals surface area contributed by atoms with Crippen molar-refractivity contribution in [2.75, 3.05) is 47.5 Å². The summed E-state index contributed by atoms with van der Waals surface area (Å²) in [6.07, 6.45) is 101. The van der Waals surface area contributed by atoms with Crippen LogP contribution >= 0.6 is 7.82 Å². The van der Waals surface area contributed by atoms with E-state index in [4.69, 9.17) is 18.5 Å². The van der Waals surface area contributed by atoms with Crippen LogP contribution in [0.3, 0.4) is 0 Å². The Hall–Kier alpha value is -4.37. The van der Waals surface area contributed by atoms with Gasteiger partial charge in [0.2, 0.25) is 0 Å². The smallest absolute Gasteiger partial charge is 0.462 e. The number of allylic oxidation sites excluding steroid dienone is 26. The number of quaternary nitrogens is 1. The van der Waals surface area contributed by atoms with Crippen LogP contribution in [0.15, 0.2) is 158 Å². The quantitative estimate of drug-likeness (QED) is 0.0211. The molecular weight excluding hydrogens is 1110 g/mol. The lowest BCUT2D eigenvalue weighted by Crippen LogP contribution is -2.37. The molecule has 2 atom stereocenters. The van der Waals surface area contributed by atoms with Crippen LogP contribution in [0.4, 0.5) is 0 Å². The average molecular weight is 1240 g/mol. The minimum atomic E-state index is -4.41. The van der Waals surface area contributed by atoms with Crippen molar-refractivity contribution in [3.8, 4) is 0 Å². The summed E-state index contributed by atoms with van der Waals surface area (Å²) in [6, 6.07) is 0. The minimum Gasteiger partial charge on any atom is -0.462 e. The van der Waals surface area contributed by atoms with Crippen molar-refractivity contribution in [3.05, 3.63) is 158 Å². The Morgan fingerprint density at radius 1 is 0.352 bits per heavy atom. The second-order valence-corrected chi connectivity index (χ2v) is 25.6. The fourth-order valence-corrected chi connectivity index (χ4v) is 9.98. The van der Waals surface area contributed by atoms with Crippen LogP contribution in [-0.4, -0.2) is 74.9 Å². The molecule has 0 amide bonds. The lowest BCUT2D eigenvalue weighted by atomic mass is 10.0. The van der Waals surface area contributed by atoms with E-state index < -0.39 is 26.5 Å². The fourth-order valence-electron chi connectivity index (χ4n) is 9.24. The number of rotatable bonds is 63. The highest BCUT2D eigenvalue weighted by atomic mass is 31.2. The van der Waals surface area contributed by atoms with E-state index in [2.05, 4.69) is 172 Å². The monoisotopic (exact) mass is 1240 g/mol. The van der Waals surface area contributed by atoms with Crippen LogP contribution in [0.25, 0.3) is 0 Å². The van der Waals surface area contributed by atoms with Crippen molar-refractivity contribution in [1.29, 1.82) is 0 Å². The molecule has 0 aliphatic carbocycles. The molecule has 0 aromatic carbocycles. The topological polar surface area (TPSA) is 108 Å². The number of hydrogen-bond donors (Lipinski definition) is 1. The number of esters is 2. The summed E-state index contributed by atoms with van der Waals surface area (Å²) >= 11 is 0. The van der Waals surface area contributed by atoms with Gasteiger partial charge in [-0.3, -0.25) is 18.6 Å². The summed E-state index contributed by atoms with van der Waals surface area (Å²) in [4.78, 5) is 35.9. The van der Waals surface area contributed by atoms with Crippen LogP contribution in [0.5, 0.6) is 0 Å². The van der Waals surface area contributed by atoms with Crippen LogP contribution < -0.4 is 0 Å². The summed E-state index contributed by atoms with van der Waals surface area (Å²) in [5, 5.41) is 0. The van der Waals surface area contributed by atoms with Crippen LogP contribution in [0, 0.1) is 0 Å². The molecule has 0 fully saturated rings. The normalized spacial score (nSPS) is 14.1. The summed E-state index contributed by atoms with van der Waals surface area (Å²) in [5.41, 5.74) is 0. The third kappa shape index (κ3) is 70.7. The molecule has 500 valence electrons. The second kappa shape index (κ2) is 67.0. The summed E-state index contributed by atoms with van der Waals surface area (Å²) in [6.45, 7) is 4.18. The maximum absolute atomic E-state index is 12.9. The predicted molar refractivity (Wildman–Crippen MR) is 380 cm³/mol. The van der Waals surface area contributed by atoms with Crippen molar-refractivity contribution < 1.29 is 42.1 Å². The van der Waals surface area contributed by atoms with Crippen molar-refractivity contribution in [3.63, 3.8) is 0 Å². The molecule has 0 aliphatic rings. The zero-order valence-corrected chi connectivity index (χ0v) is 57.8. The molecule has 0 radical (unpaired) electrons. The molecule has 9 nitrogen and oxygen atoms in total. The first-order valence-corrected chi connectivity index (χ1v) is 36.7. The Kier molecular flexibility index (Phi) is 63.7. The van der Waals surface area contributed by atoms with E-state index in [1.807, 2.05) is 21.1 Å². The molecule has 1 N–H and O–H groups in total. The van der Waals surface area contributed by atoms with Gasteiger partial charge < -0.3 is 18.9 Å². The lowest BCUT2D eigenvalue weighted by molar-refractivity contribution is -0.870. The average Bonchev–Trinajstić information content (AvgIpc) is 3.60. The van der Waals surface area contributed by atoms with Gasteiger partial charge in [0.05, 0.1) is 27.7 Å². The van der Waals surface area contributed by atoms with Crippen LogP contribution in [0.2, 0.25) is 0 Å². The third-order valence-electron chi connectivity index (χ3n) is 14.6. The van der Waals surface area contributed by atoms with E-state index >= 15 is 0 Å². The molecule has 0 rings (SSSR count). The standard InChI is InChI=1S/C78H130NO8P/c1-6-8-10-12-14-16-18-20-22-24-26-28-30-32-34-35-36-37-38-39-40-41-42-43-45-46-48-50-52-54-56-58-60-62-64-66-68-70-77(80)84-74-76(75-86-88(82,83)85-73-72-79(3,4)5)87-78(81)71-69-67-65-63-61-59-57-55-53-51-49-47-44-33-31-29-27-25-23-21-19-17-15-13-11-9-7-2/h8-11,14-17,20-23,26-29,32-34,36-37,44,49,51,55,57,76H,6-7,12-13,18-19,24-25,30-31,35,38-43,45-48,50,52-54,56,58-75H2,1-5H3/p+1/b10-8-,11-9-,16-14-,17-15-,22-20-,23-21-,28-26-,29-27-,34-32-,37-36-,44-33-,51-49-,57-55-. The highest BCUT2D eigenvalue weighted by Crippen LogP contribution is 2.43. The maximum atomic E-state index is 12.9. The summed E-state index contributed by atoms with van der Waals surface area (Å²) < 4.78 is 34.7. The molecule has 88 heavy (non-hydrogen) atoms. The Bertz CT molecular complexity index is 2040. The van der Waals surface area contributed by atoms with Crippen molar-refractivity contribution >= 4 is 19.8 Å². The molecule has 0 heterocycles. The van der Waals surface area contributed by atoms with E-state index in [0.29, 0.717) is 17.4 Å². The number of likely N-dealkylation sites (N-methyl/N-ethyl adjacent to an activating group) is 1. The third-order valence-corrected chi connectivity index (χ3v) is 15.5. The van der Waals surface area contributed by atoms with Crippen LogP contribution in [-0.2, 0) is 32.7 Å². The summed E-state index contributed by atoms with van der Waals surface area (Å²) in [7, 11) is 1.45. The fraction of sp³-hybridized carbons (Fsp3) is 0.641. The minimum absolute atomic E-state index is 0.0205. The first-order valence-electron chi connectivity index (χ1n) is 35.2. The number of ether oxygens (including phenoxy) is 2. The Morgan fingerprint density at radius 3 is 0.909 bits per heavy atom. The molecule has 0 bridgehead atoms. The largest absolute Gasteiger partial charge is 0.472 e. The van der Waals surface area contributed by atoms with Gasteiger partial charge in [0.15, 0.2) is 6.10 Å². The molecule has 0 saturated carbocycles. The Balaban J connectivity index is 4.08. The van der Waals surface area contributed by atoms with Gasteiger partial charge in [0.1, 0.15) is 19.8 Å². The second-order valence-electron chi connectivity index (χ2n) is 24.2. The highest BCUT2D eigenvalue weighted by Gasteiger charge is 2.27. The van der Waals surface area contributed by atoms with E-state index in [-0.39, 0.29) is 32.0 Å². The van der Waals surface area contributed by atoms with Crippen molar-refractivity contribution in [1.82, 2.24) is 0 Å². The zero-order chi connectivity index (χ0) is 64.1. The van der Waals surface area contributed by atoms with E-state index in [1.54, 1.807) is 0 Å². The number of phosphoric acid groups is 1. The molecule has 0 aromatic heterocycles. The number of unbranched alkanes of at least 4 members (excludes halogenated alkanes) is 23. The van der Waals surface area contributed by atoms with Gasteiger partial charge in [0.25, 0.3) is 0 Å². The van der Waals surface area contributed by atoms with Gasteiger partial charge in [-0.2, -0.15) is 0 Å². The number of phosphoric ester groups is 1. The Labute approximate surface area is 541 Å². The molecule has 10 heteroatoms. The van der Waals surface area contributed by atoms with Crippen LogP contribution in [0.1, 0.15) is 271 Å². The van der Waals surface area contributed by atoms with Gasteiger partial charge in [-0.1, -0.05) is 294 Å². The lowest BCUT2D eigenvalue weighted by Gasteiger charge is -2.24. The van der Waals surface area contributed by atoms with Crippen molar-refractivity contribution in [2.45, 2.75) is 277 Å². The van der Waals surface area contributed by atoms with Gasteiger partial charge >= 0.3 is 19.8 Å². The molecule has 0 aromatic rings. The number of carbonyl (C=O) groups excluding carboxylic acids is 2. The number of hydrogen-bond acceptors (Lipinski definition) is 7. The molecule has 0 spiro atoms. The first kappa shape index (κ1) is 83.6.